The number of anilines is 1. The summed E-state index contributed by atoms with van der Waals surface area (Å²) in [7, 11) is -4.11. The van der Waals surface area contributed by atoms with Gasteiger partial charge in [-0.15, -0.1) is 0 Å². The first-order valence-electron chi connectivity index (χ1n) is 9.91. The van der Waals surface area contributed by atoms with Crippen LogP contribution in [0, 0.1) is 0 Å². The van der Waals surface area contributed by atoms with Gasteiger partial charge in [-0.1, -0.05) is 24.3 Å². The summed E-state index contributed by atoms with van der Waals surface area (Å²) in [4.78, 5) is 8.36. The predicted molar refractivity (Wildman–Crippen MR) is 119 cm³/mol. The van der Waals surface area contributed by atoms with Gasteiger partial charge in [-0.2, -0.15) is 13.2 Å². The second-order valence-electron chi connectivity index (χ2n) is 7.27. The summed E-state index contributed by atoms with van der Waals surface area (Å²) in [6, 6.07) is 15.8. The molecule has 170 valence electrons. The van der Waals surface area contributed by atoms with E-state index in [9.17, 15) is 21.6 Å². The van der Waals surface area contributed by atoms with Crippen LogP contribution in [0.3, 0.4) is 0 Å². The Kier molecular flexibility index (Phi) is 6.30. The van der Waals surface area contributed by atoms with Gasteiger partial charge >= 0.3 is 6.18 Å². The molecule has 0 unspecified atom stereocenters. The number of para-hydroxylation sites is 1. The Bertz CT molecular complexity index is 1360. The molecule has 0 saturated carbocycles. The highest BCUT2D eigenvalue weighted by Gasteiger charge is 2.30. The van der Waals surface area contributed by atoms with E-state index in [2.05, 4.69) is 20.0 Å². The zero-order valence-corrected chi connectivity index (χ0v) is 18.0. The van der Waals surface area contributed by atoms with E-state index in [1.165, 1.54) is 0 Å². The Labute approximate surface area is 188 Å². The van der Waals surface area contributed by atoms with E-state index in [1.807, 2.05) is 24.3 Å². The zero-order valence-electron chi connectivity index (χ0n) is 17.2. The lowest BCUT2D eigenvalue weighted by Gasteiger charge is -2.12. The van der Waals surface area contributed by atoms with Gasteiger partial charge in [0.15, 0.2) is 0 Å². The topological polar surface area (TPSA) is 84.0 Å². The van der Waals surface area contributed by atoms with Crippen molar-refractivity contribution in [3.63, 3.8) is 0 Å². The molecule has 0 spiro atoms. The van der Waals surface area contributed by atoms with Crippen LogP contribution in [0.2, 0.25) is 0 Å². The number of halogens is 3. The molecule has 0 atom stereocenters. The second-order valence-corrected chi connectivity index (χ2v) is 8.95. The molecule has 0 bridgehead atoms. The molecule has 0 aliphatic carbocycles. The van der Waals surface area contributed by atoms with Crippen LogP contribution in [0.25, 0.3) is 10.9 Å². The van der Waals surface area contributed by atoms with Gasteiger partial charge in [0, 0.05) is 30.9 Å². The number of pyridine rings is 2. The van der Waals surface area contributed by atoms with Crippen LogP contribution in [0.1, 0.15) is 16.8 Å². The van der Waals surface area contributed by atoms with Gasteiger partial charge in [0.1, 0.15) is 0 Å². The molecule has 33 heavy (non-hydrogen) atoms. The molecule has 2 aromatic heterocycles. The van der Waals surface area contributed by atoms with Crippen molar-refractivity contribution < 1.29 is 21.6 Å². The number of hydrogen-bond acceptors (Lipinski definition) is 5. The van der Waals surface area contributed by atoms with Gasteiger partial charge < -0.3 is 5.32 Å². The summed E-state index contributed by atoms with van der Waals surface area (Å²) in [6.07, 6.45) is -1.09. The van der Waals surface area contributed by atoms with E-state index in [0.717, 1.165) is 35.2 Å². The number of fused-ring (bicyclic) bond motifs is 1. The summed E-state index contributed by atoms with van der Waals surface area (Å²) in [5.41, 5.74) is 1.47. The van der Waals surface area contributed by atoms with Gasteiger partial charge in [-0.25, -0.2) is 13.4 Å². The van der Waals surface area contributed by atoms with E-state index in [-0.39, 0.29) is 10.6 Å². The van der Waals surface area contributed by atoms with Crippen molar-refractivity contribution in [3.8, 4) is 0 Å². The minimum absolute atomic E-state index is 0.238. The van der Waals surface area contributed by atoms with Crippen LogP contribution in [0.4, 0.5) is 18.9 Å². The van der Waals surface area contributed by atoms with Crippen molar-refractivity contribution in [1.29, 1.82) is 0 Å². The van der Waals surface area contributed by atoms with Crippen molar-refractivity contribution in [2.24, 2.45) is 0 Å². The molecule has 2 N–H and O–H groups in total. The van der Waals surface area contributed by atoms with E-state index >= 15 is 0 Å². The molecule has 4 rings (SSSR count). The van der Waals surface area contributed by atoms with Crippen molar-refractivity contribution >= 4 is 26.6 Å². The largest absolute Gasteiger partial charge is 0.416 e. The predicted octanol–water partition coefficient (Wildman–Crippen LogP) is 4.74. The van der Waals surface area contributed by atoms with Crippen LogP contribution >= 0.6 is 0 Å². The van der Waals surface area contributed by atoms with Crippen molar-refractivity contribution in [2.75, 3.05) is 4.72 Å². The maximum absolute atomic E-state index is 12.8. The average molecular weight is 472 g/mol. The third-order valence-corrected chi connectivity index (χ3v) is 6.25. The van der Waals surface area contributed by atoms with Crippen LogP contribution in [-0.2, 0) is 29.3 Å². The lowest BCUT2D eigenvalue weighted by atomic mass is 10.1. The van der Waals surface area contributed by atoms with E-state index in [0.29, 0.717) is 24.3 Å². The third-order valence-electron chi connectivity index (χ3n) is 4.87. The van der Waals surface area contributed by atoms with Gasteiger partial charge in [-0.3, -0.25) is 9.71 Å². The average Bonchev–Trinajstić information content (AvgIpc) is 2.79. The fourth-order valence-electron chi connectivity index (χ4n) is 3.23. The molecule has 0 radical (unpaired) electrons. The van der Waals surface area contributed by atoms with E-state index < -0.39 is 21.8 Å². The molecule has 2 aromatic carbocycles. The van der Waals surface area contributed by atoms with Crippen LogP contribution in [0.5, 0.6) is 0 Å². The van der Waals surface area contributed by atoms with Crippen molar-refractivity contribution in [2.45, 2.75) is 24.2 Å². The fourth-order valence-corrected chi connectivity index (χ4v) is 4.30. The Morgan fingerprint density at radius 1 is 0.879 bits per heavy atom. The number of nitrogens with zero attached hydrogens (tertiary/aromatic N) is 2. The van der Waals surface area contributed by atoms with Gasteiger partial charge in [0.25, 0.3) is 10.0 Å². The third kappa shape index (κ3) is 5.47. The summed E-state index contributed by atoms with van der Waals surface area (Å²) in [6.45, 7) is 1.04. The number of hydrogen-bond donors (Lipinski definition) is 2. The summed E-state index contributed by atoms with van der Waals surface area (Å²) < 4.78 is 66.3. The molecular weight excluding hydrogens is 453 g/mol. The molecule has 0 aliphatic rings. The smallest absolute Gasteiger partial charge is 0.307 e. The molecule has 0 fully saturated rings. The molecule has 0 amide bonds. The van der Waals surface area contributed by atoms with Gasteiger partial charge in [0.05, 0.1) is 27.4 Å². The lowest BCUT2D eigenvalue weighted by Crippen LogP contribution is -2.15. The number of alkyl halides is 3. The number of nitrogens with one attached hydrogen (secondary N) is 2. The highest BCUT2D eigenvalue weighted by Crippen LogP contribution is 2.30. The minimum atomic E-state index is -4.54. The second kappa shape index (κ2) is 9.16. The molecule has 2 heterocycles. The minimum Gasteiger partial charge on any atom is -0.307 e. The quantitative estimate of drug-likeness (QED) is 0.406. The maximum Gasteiger partial charge on any atom is 0.416 e. The standard InChI is InChI=1S/C23H19F3N4O2S/c24-23(25,26)18-7-10-20(11-8-18)33(31,32)30-21-5-1-4-17-6-9-19(29-22(17)21)15-28-14-16-3-2-12-27-13-16/h1-13,28,30H,14-15H2. The van der Waals surface area contributed by atoms with Crippen molar-refractivity contribution in [3.05, 3.63) is 95.9 Å². The number of sulfonamides is 1. The lowest BCUT2D eigenvalue weighted by molar-refractivity contribution is -0.137. The molecule has 0 saturated heterocycles. The van der Waals surface area contributed by atoms with Crippen LogP contribution in [-0.4, -0.2) is 18.4 Å². The highest BCUT2D eigenvalue weighted by atomic mass is 32.2. The first kappa shape index (κ1) is 22.7. The monoisotopic (exact) mass is 472 g/mol. The Balaban J connectivity index is 1.55. The number of benzene rings is 2. The Morgan fingerprint density at radius 3 is 2.36 bits per heavy atom. The first-order chi connectivity index (χ1) is 15.7. The fraction of sp³-hybridized carbons (Fsp3) is 0.130. The molecule has 0 aliphatic heterocycles. The molecule has 6 nitrogen and oxygen atoms in total. The summed E-state index contributed by atoms with van der Waals surface area (Å²) in [5.74, 6) is 0. The Hall–Kier alpha value is -3.50. The molecular formula is C23H19F3N4O2S. The zero-order chi connectivity index (χ0) is 23.5. The normalized spacial score (nSPS) is 12.1. The molecule has 4 aromatic rings. The summed E-state index contributed by atoms with van der Waals surface area (Å²) in [5, 5.41) is 3.98. The van der Waals surface area contributed by atoms with E-state index in [4.69, 9.17) is 0 Å². The van der Waals surface area contributed by atoms with Crippen LogP contribution in [0.15, 0.2) is 84.0 Å². The highest BCUT2D eigenvalue weighted by molar-refractivity contribution is 7.92. The van der Waals surface area contributed by atoms with Gasteiger partial charge in [0.2, 0.25) is 0 Å². The number of aromatic nitrogens is 2. The first-order valence-corrected chi connectivity index (χ1v) is 11.4. The maximum atomic E-state index is 12.8. The Morgan fingerprint density at radius 2 is 1.67 bits per heavy atom. The van der Waals surface area contributed by atoms with Crippen molar-refractivity contribution in [1.82, 2.24) is 15.3 Å². The van der Waals surface area contributed by atoms with E-state index in [1.54, 1.807) is 30.6 Å². The SMILES string of the molecule is O=S(=O)(Nc1cccc2ccc(CNCc3cccnc3)nc12)c1ccc(C(F)(F)F)cc1. The number of rotatable bonds is 7. The summed E-state index contributed by atoms with van der Waals surface area (Å²) >= 11 is 0. The molecule has 10 heteroatoms. The van der Waals surface area contributed by atoms with Crippen LogP contribution < -0.4 is 10.0 Å². The van der Waals surface area contributed by atoms with Gasteiger partial charge in [-0.05, 0) is 48.0 Å².